The van der Waals surface area contributed by atoms with Crippen molar-refractivity contribution in [3.05, 3.63) is 64.3 Å². The van der Waals surface area contributed by atoms with Crippen LogP contribution in [0.1, 0.15) is 15.9 Å². The molecule has 0 unspecified atom stereocenters. The normalized spacial score (nSPS) is 11.5. The van der Waals surface area contributed by atoms with Crippen molar-refractivity contribution < 1.29 is 19.4 Å². The van der Waals surface area contributed by atoms with E-state index in [0.717, 1.165) is 0 Å². The number of carboxylic acids is 1. The van der Waals surface area contributed by atoms with E-state index in [1.807, 2.05) is 67.8 Å². The van der Waals surface area contributed by atoms with Gasteiger partial charge in [0, 0.05) is 31.2 Å². The monoisotopic (exact) mass is 858 g/mol. The predicted octanol–water partition coefficient (Wildman–Crippen LogP) is 6.74. The van der Waals surface area contributed by atoms with Crippen LogP contribution in [0.4, 0.5) is 0 Å². The molecule has 1 aliphatic carbocycles. The molecule has 2 aromatic rings. The minimum absolute atomic E-state index is 0.0547. The molecule has 1 heterocycles. The fourth-order valence-corrected chi connectivity index (χ4v) is 7.03. The molecule has 0 N–H and O–H groups in total. The Hall–Kier alpha value is -0.250. The average molecular weight is 860 g/mol. The van der Waals surface area contributed by atoms with Gasteiger partial charge in [0.25, 0.3) is 0 Å². The lowest BCUT2D eigenvalue weighted by molar-refractivity contribution is -0.270. The number of carbonyl (C=O) groups excluding carboxylic acids is 1. The van der Waals surface area contributed by atoms with Gasteiger partial charge in [-0.3, -0.25) is 4.79 Å². The molecule has 2 aliphatic rings. The standard InChI is InChI=1S/C21H7Cl4I3O5/c1-4-17(29)7(26)2-5-9(6-3-8(27)18(30)16(28)20(6)33-19(4)5)10-11(21(31)32)13(23)15(25)14(24)12(10)22/h2-3,29H,1H3,(H,31,32)/p-2. The maximum atomic E-state index is 12.6. The van der Waals surface area contributed by atoms with Gasteiger partial charge in [-0.2, -0.15) is 0 Å². The number of carbonyl (C=O) groups is 1. The number of hydrogen-bond acceptors (Lipinski definition) is 5. The number of fused-ring (bicyclic) bond motifs is 2. The summed E-state index contributed by atoms with van der Waals surface area (Å²) in [5.41, 5.74) is 0.294. The molecule has 0 amide bonds. The molecule has 0 aromatic heterocycles. The van der Waals surface area contributed by atoms with Gasteiger partial charge in [-0.15, -0.1) is 0 Å². The van der Waals surface area contributed by atoms with Crippen LogP contribution in [0.2, 0.25) is 20.1 Å². The highest BCUT2D eigenvalue weighted by Crippen LogP contribution is 2.52. The highest BCUT2D eigenvalue weighted by Gasteiger charge is 2.30. The Morgan fingerprint density at radius 2 is 1.55 bits per heavy atom. The lowest BCUT2D eigenvalue weighted by atomic mass is 9.90. The average Bonchev–Trinajstić information content (AvgIpc) is 2.76. The number of aromatic carboxylic acids is 1. The van der Waals surface area contributed by atoms with Crippen LogP contribution in [0.15, 0.2) is 21.3 Å². The van der Waals surface area contributed by atoms with E-state index in [1.165, 1.54) is 0 Å². The lowest BCUT2D eigenvalue weighted by Gasteiger charge is -2.24. The van der Waals surface area contributed by atoms with Crippen molar-refractivity contribution in [1.82, 2.24) is 0 Å². The molecule has 0 saturated heterocycles. The van der Waals surface area contributed by atoms with Crippen molar-refractivity contribution in [2.24, 2.45) is 0 Å². The molecule has 5 nitrogen and oxygen atoms in total. The molecule has 0 bridgehead atoms. The summed E-state index contributed by atoms with van der Waals surface area (Å²) in [5.74, 6) is -1.73. The van der Waals surface area contributed by atoms with Gasteiger partial charge in [0.1, 0.15) is 9.15 Å². The van der Waals surface area contributed by atoms with Gasteiger partial charge in [-0.25, -0.2) is 0 Å². The first kappa shape index (κ1) is 25.8. The van der Waals surface area contributed by atoms with E-state index >= 15 is 0 Å². The number of carboxylic acid groups (broad SMARTS) is 1. The Morgan fingerprint density at radius 3 is 2.15 bits per heavy atom. The Bertz CT molecular complexity index is 1570. The number of aryl methyl sites for hydroxylation is 1. The van der Waals surface area contributed by atoms with E-state index in [1.54, 1.807) is 19.1 Å². The van der Waals surface area contributed by atoms with E-state index in [0.29, 0.717) is 18.1 Å². The molecule has 12 heteroatoms. The zero-order valence-corrected chi connectivity index (χ0v) is 25.3. The summed E-state index contributed by atoms with van der Waals surface area (Å²) in [6.45, 7) is 1.58. The Kier molecular flexibility index (Phi) is 7.30. The second-order valence-corrected chi connectivity index (χ2v) is 11.8. The van der Waals surface area contributed by atoms with Crippen molar-refractivity contribution in [3.63, 3.8) is 0 Å². The molecule has 0 fully saturated rings. The van der Waals surface area contributed by atoms with Crippen LogP contribution < -0.4 is 15.6 Å². The highest BCUT2D eigenvalue weighted by atomic mass is 127. The van der Waals surface area contributed by atoms with Gasteiger partial charge in [-0.1, -0.05) is 52.2 Å². The van der Waals surface area contributed by atoms with Gasteiger partial charge in [-0.05, 0) is 92.4 Å². The lowest BCUT2D eigenvalue weighted by Crippen LogP contribution is -2.24. The highest BCUT2D eigenvalue weighted by molar-refractivity contribution is 14.1. The zero-order valence-electron chi connectivity index (χ0n) is 15.8. The van der Waals surface area contributed by atoms with E-state index in [9.17, 15) is 19.8 Å². The minimum Gasteiger partial charge on any atom is -0.871 e. The van der Waals surface area contributed by atoms with Crippen LogP contribution in [0.3, 0.4) is 0 Å². The van der Waals surface area contributed by atoms with Gasteiger partial charge < -0.3 is 19.4 Å². The van der Waals surface area contributed by atoms with Gasteiger partial charge in [0.2, 0.25) is 5.43 Å². The summed E-state index contributed by atoms with van der Waals surface area (Å²) in [6, 6.07) is 3.11. The van der Waals surface area contributed by atoms with Crippen molar-refractivity contribution in [2.75, 3.05) is 0 Å². The second kappa shape index (κ2) is 9.32. The first-order valence-electron chi connectivity index (χ1n) is 8.70. The maximum absolute atomic E-state index is 12.6. The number of halogens is 7. The molecule has 4 rings (SSSR count). The third kappa shape index (κ3) is 4.01. The SMILES string of the molecule is Cc1c([O-])c(I)cc2c(-c3c(Cl)c(Cl)c(Cl)c(Cl)c3C(=O)[O-])c3cc(I)c(=O)c(I)c-3oc12. The van der Waals surface area contributed by atoms with Crippen molar-refractivity contribution in [1.29, 1.82) is 0 Å². The van der Waals surface area contributed by atoms with E-state index in [4.69, 9.17) is 50.8 Å². The molecule has 0 saturated carbocycles. The van der Waals surface area contributed by atoms with Crippen molar-refractivity contribution in [3.8, 4) is 28.2 Å². The van der Waals surface area contributed by atoms with Crippen LogP contribution in [-0.4, -0.2) is 5.97 Å². The minimum atomic E-state index is -1.63. The fraction of sp³-hybridized carbons (Fsp3) is 0.0476. The smallest absolute Gasteiger partial charge is 0.209 e. The van der Waals surface area contributed by atoms with E-state index in [2.05, 4.69) is 0 Å². The molecule has 0 atom stereocenters. The second-order valence-electron chi connectivity index (χ2n) is 6.84. The molecular weight excluding hydrogens is 855 g/mol. The number of hydrogen-bond donors (Lipinski definition) is 0. The summed E-state index contributed by atoms with van der Waals surface area (Å²) in [6.07, 6.45) is 0. The molecule has 0 spiro atoms. The van der Waals surface area contributed by atoms with Gasteiger partial charge >= 0.3 is 0 Å². The Balaban J connectivity index is 2.43. The molecule has 0 radical (unpaired) electrons. The van der Waals surface area contributed by atoms with Crippen LogP contribution in [-0.2, 0) is 0 Å². The predicted molar refractivity (Wildman–Crippen MR) is 151 cm³/mol. The summed E-state index contributed by atoms with van der Waals surface area (Å²) < 4.78 is 7.04. The molecular formula is C21H5Cl4I3O5-2. The quantitative estimate of drug-likeness (QED) is 0.0965. The third-order valence-electron chi connectivity index (χ3n) is 5.01. The van der Waals surface area contributed by atoms with Gasteiger partial charge in [0.15, 0.2) is 5.76 Å². The van der Waals surface area contributed by atoms with Gasteiger partial charge in [0.05, 0.1) is 29.6 Å². The van der Waals surface area contributed by atoms with E-state index < -0.39 is 11.5 Å². The first-order chi connectivity index (χ1) is 15.4. The fourth-order valence-electron chi connectivity index (χ4n) is 3.50. The third-order valence-corrected chi connectivity index (χ3v) is 9.39. The molecule has 170 valence electrons. The van der Waals surface area contributed by atoms with Crippen molar-refractivity contribution in [2.45, 2.75) is 6.92 Å². The Labute approximate surface area is 247 Å². The summed E-state index contributed by atoms with van der Waals surface area (Å²) in [5, 5.41) is 24.3. The molecule has 33 heavy (non-hydrogen) atoms. The molecule has 1 aliphatic heterocycles. The summed E-state index contributed by atoms with van der Waals surface area (Å²) in [4.78, 5) is 24.8. The number of benzene rings is 3. The summed E-state index contributed by atoms with van der Waals surface area (Å²) in [7, 11) is 0. The first-order valence-corrected chi connectivity index (χ1v) is 13.5. The maximum Gasteiger partial charge on any atom is 0.209 e. The van der Waals surface area contributed by atoms with Crippen LogP contribution >= 0.6 is 114 Å². The van der Waals surface area contributed by atoms with Crippen LogP contribution in [0.25, 0.3) is 33.4 Å². The zero-order chi connectivity index (χ0) is 24.5. The largest absolute Gasteiger partial charge is 0.871 e. The topological polar surface area (TPSA) is 93.4 Å². The van der Waals surface area contributed by atoms with Crippen molar-refractivity contribution >= 4 is 131 Å². The molecule has 2 aromatic carbocycles. The van der Waals surface area contributed by atoms with Crippen LogP contribution in [0, 0.1) is 17.6 Å². The summed E-state index contributed by atoms with van der Waals surface area (Å²) >= 11 is 30.9. The van der Waals surface area contributed by atoms with Crippen LogP contribution in [0.5, 0.6) is 5.75 Å². The Morgan fingerprint density at radius 1 is 0.939 bits per heavy atom. The van der Waals surface area contributed by atoms with E-state index in [-0.39, 0.29) is 62.9 Å². The number of rotatable bonds is 2.